The second-order valence-electron chi connectivity index (χ2n) is 4.07. The molecular formula is C12H17ClF2N2O. The van der Waals surface area contributed by atoms with Gasteiger partial charge in [-0.2, -0.15) is 0 Å². The molecule has 1 unspecified atom stereocenters. The molecule has 1 aliphatic heterocycles. The maximum absolute atomic E-state index is 13.7. The third-order valence-corrected chi connectivity index (χ3v) is 3.03. The van der Waals surface area contributed by atoms with Crippen molar-refractivity contribution < 1.29 is 13.5 Å². The molecule has 1 saturated heterocycles. The highest BCUT2D eigenvalue weighted by molar-refractivity contribution is 5.85. The monoisotopic (exact) mass is 278 g/mol. The molecule has 3 nitrogen and oxygen atoms in total. The third kappa shape index (κ3) is 3.38. The highest BCUT2D eigenvalue weighted by atomic mass is 35.5. The van der Waals surface area contributed by atoms with Crippen molar-refractivity contribution in [3.63, 3.8) is 0 Å². The number of nitrogens with zero attached hydrogens (tertiary/aromatic N) is 1. The average molecular weight is 279 g/mol. The molecule has 0 aliphatic carbocycles. The maximum atomic E-state index is 13.7. The molecule has 0 amide bonds. The van der Waals surface area contributed by atoms with Gasteiger partial charge in [-0.15, -0.1) is 12.4 Å². The summed E-state index contributed by atoms with van der Waals surface area (Å²) in [5.41, 5.74) is 6.15. The molecule has 0 radical (unpaired) electrons. The van der Waals surface area contributed by atoms with Gasteiger partial charge in [-0.05, 0) is 6.07 Å². The number of hydrogen-bond donors (Lipinski definition) is 1. The molecule has 0 aromatic heterocycles. The summed E-state index contributed by atoms with van der Waals surface area (Å²) in [6, 6.07) is 3.43. The van der Waals surface area contributed by atoms with Gasteiger partial charge in [0.25, 0.3) is 0 Å². The zero-order valence-electron chi connectivity index (χ0n) is 9.94. The van der Waals surface area contributed by atoms with E-state index in [0.29, 0.717) is 25.3 Å². The van der Waals surface area contributed by atoms with Crippen LogP contribution in [0.3, 0.4) is 0 Å². The Morgan fingerprint density at radius 1 is 1.28 bits per heavy atom. The Kier molecular flexibility index (Phi) is 5.95. The normalized spacial score (nSPS) is 18.2. The van der Waals surface area contributed by atoms with E-state index >= 15 is 0 Å². The minimum Gasteiger partial charge on any atom is -0.379 e. The number of ether oxygens (including phenoxy) is 1. The molecular weight excluding hydrogens is 262 g/mol. The van der Waals surface area contributed by atoms with Crippen molar-refractivity contribution in [2.75, 3.05) is 32.8 Å². The Labute approximate surface area is 111 Å². The van der Waals surface area contributed by atoms with E-state index in [-0.39, 0.29) is 18.4 Å². The molecule has 102 valence electrons. The summed E-state index contributed by atoms with van der Waals surface area (Å²) in [4.78, 5) is 2.07. The van der Waals surface area contributed by atoms with E-state index in [1.54, 1.807) is 0 Å². The molecule has 1 aliphatic rings. The maximum Gasteiger partial charge on any atom is 0.130 e. The Hall–Kier alpha value is -0.750. The zero-order chi connectivity index (χ0) is 12.3. The van der Waals surface area contributed by atoms with Crippen LogP contribution in [0.15, 0.2) is 18.2 Å². The van der Waals surface area contributed by atoms with Crippen LogP contribution in [0.1, 0.15) is 11.6 Å². The average Bonchev–Trinajstić information content (AvgIpc) is 2.34. The summed E-state index contributed by atoms with van der Waals surface area (Å²) >= 11 is 0. The minimum absolute atomic E-state index is 0. The van der Waals surface area contributed by atoms with E-state index in [0.717, 1.165) is 19.2 Å². The van der Waals surface area contributed by atoms with Crippen molar-refractivity contribution in [2.45, 2.75) is 6.04 Å². The number of halogens is 3. The number of hydrogen-bond acceptors (Lipinski definition) is 3. The Balaban J connectivity index is 0.00000162. The minimum atomic E-state index is -0.566. The van der Waals surface area contributed by atoms with E-state index < -0.39 is 11.6 Å². The van der Waals surface area contributed by atoms with Crippen LogP contribution in [-0.4, -0.2) is 37.7 Å². The van der Waals surface area contributed by atoms with Gasteiger partial charge in [0.1, 0.15) is 11.6 Å². The molecule has 0 spiro atoms. The molecule has 2 rings (SSSR count). The molecule has 1 atom stereocenters. The van der Waals surface area contributed by atoms with Gasteiger partial charge in [0.2, 0.25) is 0 Å². The first-order chi connectivity index (χ1) is 8.22. The van der Waals surface area contributed by atoms with Crippen molar-refractivity contribution in [2.24, 2.45) is 5.73 Å². The molecule has 6 heteroatoms. The first kappa shape index (κ1) is 15.3. The fourth-order valence-corrected chi connectivity index (χ4v) is 2.13. The predicted octanol–water partition coefficient (Wildman–Crippen LogP) is 1.72. The van der Waals surface area contributed by atoms with Crippen LogP contribution in [0, 0.1) is 11.6 Å². The zero-order valence-corrected chi connectivity index (χ0v) is 10.8. The lowest BCUT2D eigenvalue weighted by molar-refractivity contribution is 0.0172. The third-order valence-electron chi connectivity index (χ3n) is 3.03. The number of rotatable bonds is 3. The first-order valence-corrected chi connectivity index (χ1v) is 5.69. The van der Waals surface area contributed by atoms with Crippen LogP contribution in [-0.2, 0) is 4.74 Å². The lowest BCUT2D eigenvalue weighted by Gasteiger charge is -2.34. The smallest absolute Gasteiger partial charge is 0.130 e. The van der Waals surface area contributed by atoms with Gasteiger partial charge in [-0.1, -0.05) is 6.07 Å². The molecule has 1 aromatic rings. The second-order valence-corrected chi connectivity index (χ2v) is 4.07. The quantitative estimate of drug-likeness (QED) is 0.915. The number of benzene rings is 1. The van der Waals surface area contributed by atoms with Gasteiger partial charge >= 0.3 is 0 Å². The SMILES string of the molecule is Cl.NCC(c1ccc(F)cc1F)N1CCOCC1. The largest absolute Gasteiger partial charge is 0.379 e. The van der Waals surface area contributed by atoms with Gasteiger partial charge in [0.05, 0.1) is 19.3 Å². The molecule has 1 aromatic carbocycles. The van der Waals surface area contributed by atoms with Crippen molar-refractivity contribution in [1.82, 2.24) is 4.90 Å². The number of morpholine rings is 1. The lowest BCUT2D eigenvalue weighted by Crippen LogP contribution is -2.42. The van der Waals surface area contributed by atoms with E-state index in [1.807, 2.05) is 0 Å². The summed E-state index contributed by atoms with van der Waals surface area (Å²) in [5.74, 6) is -1.10. The van der Waals surface area contributed by atoms with Crippen LogP contribution in [0.25, 0.3) is 0 Å². The highest BCUT2D eigenvalue weighted by Gasteiger charge is 2.23. The van der Waals surface area contributed by atoms with Crippen LogP contribution in [0.2, 0.25) is 0 Å². The van der Waals surface area contributed by atoms with Gasteiger partial charge in [-0.25, -0.2) is 8.78 Å². The lowest BCUT2D eigenvalue weighted by atomic mass is 10.0. The van der Waals surface area contributed by atoms with E-state index in [1.165, 1.54) is 12.1 Å². The summed E-state index contributed by atoms with van der Waals surface area (Å²) in [5, 5.41) is 0. The molecule has 2 N–H and O–H groups in total. The van der Waals surface area contributed by atoms with Gasteiger partial charge < -0.3 is 10.5 Å². The Morgan fingerprint density at radius 3 is 2.50 bits per heavy atom. The molecule has 0 saturated carbocycles. The van der Waals surface area contributed by atoms with Crippen LogP contribution >= 0.6 is 12.4 Å². The van der Waals surface area contributed by atoms with Crippen molar-refractivity contribution in [3.05, 3.63) is 35.4 Å². The molecule has 18 heavy (non-hydrogen) atoms. The fraction of sp³-hybridized carbons (Fsp3) is 0.500. The van der Waals surface area contributed by atoms with Gasteiger partial charge in [0, 0.05) is 31.3 Å². The van der Waals surface area contributed by atoms with Gasteiger partial charge in [-0.3, -0.25) is 4.90 Å². The van der Waals surface area contributed by atoms with E-state index in [9.17, 15) is 8.78 Å². The predicted molar refractivity (Wildman–Crippen MR) is 67.8 cm³/mol. The van der Waals surface area contributed by atoms with E-state index in [4.69, 9.17) is 10.5 Å². The van der Waals surface area contributed by atoms with Crippen LogP contribution in [0.4, 0.5) is 8.78 Å². The van der Waals surface area contributed by atoms with Gasteiger partial charge in [0.15, 0.2) is 0 Å². The summed E-state index contributed by atoms with van der Waals surface area (Å²) in [6.45, 7) is 3.00. The fourth-order valence-electron chi connectivity index (χ4n) is 2.13. The molecule has 1 heterocycles. The highest BCUT2D eigenvalue weighted by Crippen LogP contribution is 2.23. The van der Waals surface area contributed by atoms with Crippen LogP contribution in [0.5, 0.6) is 0 Å². The topological polar surface area (TPSA) is 38.5 Å². The summed E-state index contributed by atoms with van der Waals surface area (Å²) in [7, 11) is 0. The van der Waals surface area contributed by atoms with Crippen molar-refractivity contribution >= 4 is 12.4 Å². The first-order valence-electron chi connectivity index (χ1n) is 5.69. The Morgan fingerprint density at radius 2 is 1.94 bits per heavy atom. The van der Waals surface area contributed by atoms with Crippen molar-refractivity contribution in [1.29, 1.82) is 0 Å². The van der Waals surface area contributed by atoms with Crippen molar-refractivity contribution in [3.8, 4) is 0 Å². The Bertz CT molecular complexity index is 386. The van der Waals surface area contributed by atoms with Crippen LogP contribution < -0.4 is 5.73 Å². The second kappa shape index (κ2) is 6.99. The summed E-state index contributed by atoms with van der Waals surface area (Å²) in [6.07, 6.45) is 0. The number of nitrogens with two attached hydrogens (primary N) is 1. The standard InChI is InChI=1S/C12H16F2N2O.ClH/c13-9-1-2-10(11(14)7-9)12(8-15)16-3-5-17-6-4-16;/h1-2,7,12H,3-6,8,15H2;1H. The van der Waals surface area contributed by atoms with E-state index in [2.05, 4.69) is 4.90 Å². The molecule has 0 bridgehead atoms. The summed E-state index contributed by atoms with van der Waals surface area (Å²) < 4.78 is 31.8. The molecule has 1 fully saturated rings.